The molecule has 0 unspecified atom stereocenters. The van der Waals surface area contributed by atoms with Gasteiger partial charge in [0.2, 0.25) is 0 Å². The van der Waals surface area contributed by atoms with E-state index in [1.54, 1.807) is 6.20 Å². The van der Waals surface area contributed by atoms with Gasteiger partial charge in [-0.05, 0) is 38.8 Å². The first kappa shape index (κ1) is 14.4. The van der Waals surface area contributed by atoms with Crippen LogP contribution in [0.5, 0.6) is 0 Å². The third-order valence-corrected chi connectivity index (χ3v) is 3.61. The highest BCUT2D eigenvalue weighted by atomic mass is 15.1. The SMILES string of the molecule is CCC(CC)Nc1nc(-c2ccccn2)nc(C)c1C. The average Bonchev–Trinajstić information content (AvgIpc) is 2.49. The molecular weight excluding hydrogens is 248 g/mol. The van der Waals surface area contributed by atoms with Gasteiger partial charge in [-0.3, -0.25) is 4.98 Å². The molecule has 0 spiro atoms. The monoisotopic (exact) mass is 270 g/mol. The second-order valence-electron chi connectivity index (χ2n) is 4.98. The fraction of sp³-hybridized carbons (Fsp3) is 0.438. The summed E-state index contributed by atoms with van der Waals surface area (Å²) in [6, 6.07) is 6.23. The van der Waals surface area contributed by atoms with E-state index in [4.69, 9.17) is 0 Å². The van der Waals surface area contributed by atoms with E-state index in [1.165, 1.54) is 0 Å². The van der Waals surface area contributed by atoms with E-state index in [1.807, 2.05) is 25.1 Å². The van der Waals surface area contributed by atoms with Crippen molar-refractivity contribution in [2.75, 3.05) is 5.32 Å². The van der Waals surface area contributed by atoms with Crippen molar-refractivity contribution in [1.29, 1.82) is 0 Å². The van der Waals surface area contributed by atoms with Gasteiger partial charge in [-0.1, -0.05) is 19.9 Å². The van der Waals surface area contributed by atoms with Crippen LogP contribution in [0.1, 0.15) is 37.9 Å². The molecule has 0 aliphatic rings. The first-order valence-electron chi connectivity index (χ1n) is 7.18. The van der Waals surface area contributed by atoms with Gasteiger partial charge in [0.15, 0.2) is 5.82 Å². The summed E-state index contributed by atoms with van der Waals surface area (Å²) >= 11 is 0. The van der Waals surface area contributed by atoms with Crippen molar-refractivity contribution >= 4 is 5.82 Å². The van der Waals surface area contributed by atoms with E-state index in [-0.39, 0.29) is 0 Å². The molecule has 0 aliphatic heterocycles. The zero-order chi connectivity index (χ0) is 14.5. The molecule has 1 N–H and O–H groups in total. The smallest absolute Gasteiger partial charge is 0.180 e. The predicted octanol–water partition coefficient (Wildman–Crippen LogP) is 3.76. The summed E-state index contributed by atoms with van der Waals surface area (Å²) in [6.07, 6.45) is 3.93. The van der Waals surface area contributed by atoms with E-state index < -0.39 is 0 Å². The molecule has 0 fully saturated rings. The van der Waals surface area contributed by atoms with Gasteiger partial charge in [-0.15, -0.1) is 0 Å². The van der Waals surface area contributed by atoms with E-state index in [2.05, 4.69) is 41.0 Å². The lowest BCUT2D eigenvalue weighted by molar-refractivity contribution is 0.667. The summed E-state index contributed by atoms with van der Waals surface area (Å²) in [4.78, 5) is 13.5. The van der Waals surface area contributed by atoms with Crippen molar-refractivity contribution in [1.82, 2.24) is 15.0 Å². The lowest BCUT2D eigenvalue weighted by Crippen LogP contribution is -2.19. The topological polar surface area (TPSA) is 50.7 Å². The van der Waals surface area contributed by atoms with Gasteiger partial charge >= 0.3 is 0 Å². The molecule has 2 aromatic heterocycles. The van der Waals surface area contributed by atoms with Crippen molar-refractivity contribution in [2.45, 2.75) is 46.6 Å². The first-order chi connectivity index (χ1) is 9.65. The molecule has 0 atom stereocenters. The Labute approximate surface area is 120 Å². The van der Waals surface area contributed by atoms with Gasteiger partial charge in [0.25, 0.3) is 0 Å². The molecule has 2 heterocycles. The molecule has 4 heteroatoms. The molecule has 20 heavy (non-hydrogen) atoms. The Morgan fingerprint density at radius 3 is 2.45 bits per heavy atom. The van der Waals surface area contributed by atoms with Crippen molar-refractivity contribution in [3.63, 3.8) is 0 Å². The number of hydrogen-bond donors (Lipinski definition) is 1. The summed E-state index contributed by atoms with van der Waals surface area (Å²) in [5, 5.41) is 3.52. The minimum Gasteiger partial charge on any atom is -0.367 e. The molecule has 0 saturated heterocycles. The number of aryl methyl sites for hydroxylation is 1. The quantitative estimate of drug-likeness (QED) is 0.898. The van der Waals surface area contributed by atoms with E-state index in [0.717, 1.165) is 35.6 Å². The molecule has 0 radical (unpaired) electrons. The number of aromatic nitrogens is 3. The van der Waals surface area contributed by atoms with Gasteiger partial charge in [0.1, 0.15) is 11.5 Å². The zero-order valence-corrected chi connectivity index (χ0v) is 12.6. The van der Waals surface area contributed by atoms with Crippen molar-refractivity contribution in [3.8, 4) is 11.5 Å². The Morgan fingerprint density at radius 2 is 1.85 bits per heavy atom. The first-order valence-corrected chi connectivity index (χ1v) is 7.18. The standard InChI is InChI=1S/C16H22N4/c1-5-13(6-2)19-15-11(3)12(4)18-16(20-15)14-9-7-8-10-17-14/h7-10,13H,5-6H2,1-4H3,(H,18,19,20). The highest BCUT2D eigenvalue weighted by Gasteiger charge is 2.12. The molecule has 0 aliphatic carbocycles. The molecule has 2 aromatic rings. The normalized spacial score (nSPS) is 10.8. The van der Waals surface area contributed by atoms with Gasteiger partial charge in [-0.25, -0.2) is 9.97 Å². The molecule has 2 rings (SSSR count). The average molecular weight is 270 g/mol. The Balaban J connectivity index is 2.40. The van der Waals surface area contributed by atoms with E-state index in [9.17, 15) is 0 Å². The maximum atomic E-state index is 4.65. The molecule has 4 nitrogen and oxygen atoms in total. The van der Waals surface area contributed by atoms with Crippen LogP contribution >= 0.6 is 0 Å². The van der Waals surface area contributed by atoms with Crippen LogP contribution in [-0.4, -0.2) is 21.0 Å². The fourth-order valence-electron chi connectivity index (χ4n) is 2.07. The maximum absolute atomic E-state index is 4.65. The van der Waals surface area contributed by atoms with Gasteiger partial charge in [0, 0.05) is 23.5 Å². The lowest BCUT2D eigenvalue weighted by atomic mass is 10.1. The maximum Gasteiger partial charge on any atom is 0.180 e. The Morgan fingerprint density at radius 1 is 1.10 bits per heavy atom. The third kappa shape index (κ3) is 3.13. The van der Waals surface area contributed by atoms with Gasteiger partial charge in [0.05, 0.1) is 0 Å². The van der Waals surface area contributed by atoms with Crippen LogP contribution in [0.2, 0.25) is 0 Å². The molecule has 0 amide bonds. The molecule has 0 saturated carbocycles. The fourth-order valence-corrected chi connectivity index (χ4v) is 2.07. The summed E-state index contributed by atoms with van der Waals surface area (Å²) in [6.45, 7) is 8.44. The summed E-state index contributed by atoms with van der Waals surface area (Å²) < 4.78 is 0. The second-order valence-corrected chi connectivity index (χ2v) is 4.98. The number of hydrogen-bond acceptors (Lipinski definition) is 4. The highest BCUT2D eigenvalue weighted by Crippen LogP contribution is 2.21. The Bertz CT molecular complexity index is 562. The van der Waals surface area contributed by atoms with Crippen LogP contribution in [0, 0.1) is 13.8 Å². The Hall–Kier alpha value is -1.97. The summed E-state index contributed by atoms with van der Waals surface area (Å²) in [5.41, 5.74) is 2.91. The van der Waals surface area contributed by atoms with Gasteiger partial charge < -0.3 is 5.32 Å². The Kier molecular flexibility index (Phi) is 4.66. The minimum absolute atomic E-state index is 0.444. The van der Waals surface area contributed by atoms with Crippen LogP contribution in [0.4, 0.5) is 5.82 Å². The second kappa shape index (κ2) is 6.46. The number of anilines is 1. The highest BCUT2D eigenvalue weighted by molar-refractivity contribution is 5.56. The third-order valence-electron chi connectivity index (χ3n) is 3.61. The van der Waals surface area contributed by atoms with Crippen molar-refractivity contribution in [2.24, 2.45) is 0 Å². The van der Waals surface area contributed by atoms with Crippen molar-refractivity contribution < 1.29 is 0 Å². The molecule has 106 valence electrons. The van der Waals surface area contributed by atoms with Crippen LogP contribution in [0.15, 0.2) is 24.4 Å². The largest absolute Gasteiger partial charge is 0.367 e. The van der Waals surface area contributed by atoms with Crippen LogP contribution in [-0.2, 0) is 0 Å². The van der Waals surface area contributed by atoms with Gasteiger partial charge in [-0.2, -0.15) is 0 Å². The van der Waals surface area contributed by atoms with E-state index >= 15 is 0 Å². The molecule has 0 bridgehead atoms. The van der Waals surface area contributed by atoms with Crippen LogP contribution in [0.25, 0.3) is 11.5 Å². The summed E-state index contributed by atoms with van der Waals surface area (Å²) in [7, 11) is 0. The number of nitrogens with zero attached hydrogens (tertiary/aromatic N) is 3. The summed E-state index contributed by atoms with van der Waals surface area (Å²) in [5.74, 6) is 1.61. The minimum atomic E-state index is 0.444. The number of rotatable bonds is 5. The molecular formula is C16H22N4. The van der Waals surface area contributed by atoms with E-state index in [0.29, 0.717) is 11.9 Å². The van der Waals surface area contributed by atoms with Crippen molar-refractivity contribution in [3.05, 3.63) is 35.7 Å². The van der Waals surface area contributed by atoms with Crippen LogP contribution in [0.3, 0.4) is 0 Å². The zero-order valence-electron chi connectivity index (χ0n) is 12.6. The lowest BCUT2D eigenvalue weighted by Gasteiger charge is -2.18. The number of pyridine rings is 1. The number of nitrogens with one attached hydrogen (secondary N) is 1. The van der Waals surface area contributed by atoms with Crippen LogP contribution < -0.4 is 5.32 Å². The predicted molar refractivity (Wildman–Crippen MR) is 82.7 cm³/mol. The molecule has 0 aromatic carbocycles.